The van der Waals surface area contributed by atoms with Gasteiger partial charge in [-0.05, 0) is 47.4 Å². The summed E-state index contributed by atoms with van der Waals surface area (Å²) in [5, 5.41) is 0. The third kappa shape index (κ3) is 3.57. The van der Waals surface area contributed by atoms with Crippen molar-refractivity contribution in [2.24, 2.45) is 5.73 Å². The summed E-state index contributed by atoms with van der Waals surface area (Å²) < 4.78 is 16.2. The highest BCUT2D eigenvalue weighted by atomic mass is 16.5. The fourth-order valence-corrected chi connectivity index (χ4v) is 3.55. The van der Waals surface area contributed by atoms with Crippen LogP contribution >= 0.6 is 0 Å². The number of rotatable bonds is 6. The van der Waals surface area contributed by atoms with Gasteiger partial charge in [0, 0.05) is 25.7 Å². The molecule has 2 N–H and O–H groups in total. The maximum Gasteiger partial charge on any atom is 0.161 e. The molecule has 0 saturated carbocycles. The summed E-state index contributed by atoms with van der Waals surface area (Å²) in [6.45, 7) is 2.36. The van der Waals surface area contributed by atoms with Crippen LogP contribution in [-0.2, 0) is 13.0 Å². The highest BCUT2D eigenvalue weighted by Crippen LogP contribution is 2.38. The summed E-state index contributed by atoms with van der Waals surface area (Å²) >= 11 is 0. The Labute approximate surface area is 149 Å². The van der Waals surface area contributed by atoms with Gasteiger partial charge in [0.1, 0.15) is 5.75 Å². The molecule has 0 aromatic heterocycles. The predicted molar refractivity (Wildman–Crippen MR) is 98.4 cm³/mol. The lowest BCUT2D eigenvalue weighted by atomic mass is 9.91. The van der Waals surface area contributed by atoms with E-state index in [4.69, 9.17) is 19.9 Å². The molecule has 0 bridgehead atoms. The second kappa shape index (κ2) is 7.76. The lowest BCUT2D eigenvalue weighted by Gasteiger charge is -2.37. The van der Waals surface area contributed by atoms with Crippen LogP contribution in [0.5, 0.6) is 17.2 Å². The monoisotopic (exact) mass is 342 g/mol. The molecule has 3 rings (SSSR count). The van der Waals surface area contributed by atoms with E-state index in [1.165, 1.54) is 16.7 Å². The predicted octanol–water partition coefficient (Wildman–Crippen LogP) is 2.77. The summed E-state index contributed by atoms with van der Waals surface area (Å²) in [6, 6.07) is 12.5. The van der Waals surface area contributed by atoms with Crippen LogP contribution in [0.25, 0.3) is 0 Å². The first-order chi connectivity index (χ1) is 12.2. The van der Waals surface area contributed by atoms with E-state index in [0.717, 1.165) is 36.8 Å². The number of hydrogen-bond acceptors (Lipinski definition) is 5. The molecule has 0 saturated heterocycles. The van der Waals surface area contributed by atoms with E-state index in [0.29, 0.717) is 6.54 Å². The Hall–Kier alpha value is -2.24. The van der Waals surface area contributed by atoms with Crippen LogP contribution in [0.1, 0.15) is 22.7 Å². The lowest BCUT2D eigenvalue weighted by Crippen LogP contribution is -2.38. The van der Waals surface area contributed by atoms with Crippen molar-refractivity contribution in [1.82, 2.24) is 4.90 Å². The van der Waals surface area contributed by atoms with Gasteiger partial charge in [-0.25, -0.2) is 0 Å². The largest absolute Gasteiger partial charge is 0.497 e. The van der Waals surface area contributed by atoms with E-state index < -0.39 is 0 Å². The average molecular weight is 342 g/mol. The minimum Gasteiger partial charge on any atom is -0.497 e. The van der Waals surface area contributed by atoms with Crippen LogP contribution in [0.15, 0.2) is 36.4 Å². The Balaban J connectivity index is 1.89. The van der Waals surface area contributed by atoms with Crippen molar-refractivity contribution in [1.29, 1.82) is 0 Å². The molecule has 0 fully saturated rings. The first-order valence-electron chi connectivity index (χ1n) is 8.52. The Kier molecular flexibility index (Phi) is 5.46. The van der Waals surface area contributed by atoms with E-state index in [-0.39, 0.29) is 6.04 Å². The molecule has 1 aliphatic rings. The van der Waals surface area contributed by atoms with E-state index in [1.54, 1.807) is 21.3 Å². The number of nitrogens with two attached hydrogens (primary N) is 1. The molecular weight excluding hydrogens is 316 g/mol. The third-order valence-electron chi connectivity index (χ3n) is 4.86. The van der Waals surface area contributed by atoms with Crippen molar-refractivity contribution < 1.29 is 14.2 Å². The van der Waals surface area contributed by atoms with Gasteiger partial charge in [0.2, 0.25) is 0 Å². The zero-order valence-corrected chi connectivity index (χ0v) is 15.1. The maximum absolute atomic E-state index is 6.14. The smallest absolute Gasteiger partial charge is 0.161 e. The summed E-state index contributed by atoms with van der Waals surface area (Å²) in [6.07, 6.45) is 0.968. The van der Waals surface area contributed by atoms with Crippen LogP contribution in [0.2, 0.25) is 0 Å². The van der Waals surface area contributed by atoms with Crippen molar-refractivity contribution >= 4 is 0 Å². The van der Waals surface area contributed by atoms with Crippen molar-refractivity contribution in [3.63, 3.8) is 0 Å². The number of fused-ring (bicyclic) bond motifs is 1. The average Bonchev–Trinajstić information content (AvgIpc) is 2.66. The quantitative estimate of drug-likeness (QED) is 0.875. The molecule has 2 aromatic carbocycles. The van der Waals surface area contributed by atoms with Crippen molar-refractivity contribution in [3.05, 3.63) is 53.1 Å². The van der Waals surface area contributed by atoms with Gasteiger partial charge in [0.15, 0.2) is 11.5 Å². The fraction of sp³-hybridized carbons (Fsp3) is 0.400. The number of methoxy groups -OCH3 is 3. The molecule has 1 atom stereocenters. The molecule has 1 unspecified atom stereocenters. The maximum atomic E-state index is 6.14. The van der Waals surface area contributed by atoms with E-state index in [1.807, 2.05) is 12.1 Å². The molecule has 0 amide bonds. The second-order valence-corrected chi connectivity index (χ2v) is 6.23. The molecule has 0 aliphatic carbocycles. The lowest BCUT2D eigenvalue weighted by molar-refractivity contribution is 0.180. The standard InChI is InChI=1S/C20H26N2O3/c1-23-16-6-4-5-14(9-16)13-22-8-7-15-10-19(24-2)20(25-3)11-17(15)18(22)12-21/h4-6,9-11,18H,7-8,12-13,21H2,1-3H3. The minimum atomic E-state index is 0.162. The zero-order valence-electron chi connectivity index (χ0n) is 15.1. The summed E-state index contributed by atoms with van der Waals surface area (Å²) in [7, 11) is 5.03. The van der Waals surface area contributed by atoms with Gasteiger partial charge in [0.05, 0.1) is 21.3 Å². The number of hydrogen-bond donors (Lipinski definition) is 1. The van der Waals surface area contributed by atoms with E-state index in [2.05, 4.69) is 29.2 Å². The molecule has 5 nitrogen and oxygen atoms in total. The number of benzene rings is 2. The first kappa shape index (κ1) is 17.6. The number of ether oxygens (including phenoxy) is 3. The van der Waals surface area contributed by atoms with Crippen LogP contribution in [0, 0.1) is 0 Å². The minimum absolute atomic E-state index is 0.162. The van der Waals surface area contributed by atoms with Crippen molar-refractivity contribution in [2.75, 3.05) is 34.4 Å². The molecule has 134 valence electrons. The normalized spacial score (nSPS) is 17.0. The van der Waals surface area contributed by atoms with E-state index in [9.17, 15) is 0 Å². The fourth-order valence-electron chi connectivity index (χ4n) is 3.55. The summed E-state index contributed by atoms with van der Waals surface area (Å²) in [4.78, 5) is 2.42. The molecule has 0 spiro atoms. The van der Waals surface area contributed by atoms with E-state index >= 15 is 0 Å². The van der Waals surface area contributed by atoms with Gasteiger partial charge in [-0.15, -0.1) is 0 Å². The van der Waals surface area contributed by atoms with Crippen LogP contribution in [0.3, 0.4) is 0 Å². The second-order valence-electron chi connectivity index (χ2n) is 6.23. The van der Waals surface area contributed by atoms with Crippen molar-refractivity contribution in [3.8, 4) is 17.2 Å². The molecule has 1 aliphatic heterocycles. The molecule has 1 heterocycles. The SMILES string of the molecule is COc1cccc(CN2CCc3cc(OC)c(OC)cc3C2CN)c1. The molecule has 25 heavy (non-hydrogen) atoms. The topological polar surface area (TPSA) is 57.0 Å². The van der Waals surface area contributed by atoms with Crippen LogP contribution in [-0.4, -0.2) is 39.3 Å². The van der Waals surface area contributed by atoms with Gasteiger partial charge in [0.25, 0.3) is 0 Å². The summed E-state index contributed by atoms with van der Waals surface area (Å²) in [5.41, 5.74) is 9.88. The Morgan fingerprint density at radius 2 is 1.80 bits per heavy atom. The zero-order chi connectivity index (χ0) is 17.8. The van der Waals surface area contributed by atoms with Gasteiger partial charge in [-0.2, -0.15) is 0 Å². The number of nitrogens with zero attached hydrogens (tertiary/aromatic N) is 1. The third-order valence-corrected chi connectivity index (χ3v) is 4.86. The Morgan fingerprint density at radius 1 is 1.04 bits per heavy atom. The Morgan fingerprint density at radius 3 is 2.48 bits per heavy atom. The first-order valence-corrected chi connectivity index (χ1v) is 8.52. The van der Waals surface area contributed by atoms with Gasteiger partial charge in [-0.3, -0.25) is 4.90 Å². The highest BCUT2D eigenvalue weighted by Gasteiger charge is 2.28. The van der Waals surface area contributed by atoms with Crippen LogP contribution in [0.4, 0.5) is 0 Å². The van der Waals surface area contributed by atoms with Gasteiger partial charge < -0.3 is 19.9 Å². The molecule has 0 radical (unpaired) electrons. The summed E-state index contributed by atoms with van der Waals surface area (Å²) in [5.74, 6) is 2.41. The molecular formula is C20H26N2O3. The highest BCUT2D eigenvalue weighted by molar-refractivity contribution is 5.49. The van der Waals surface area contributed by atoms with Gasteiger partial charge >= 0.3 is 0 Å². The van der Waals surface area contributed by atoms with Gasteiger partial charge in [-0.1, -0.05) is 12.1 Å². The van der Waals surface area contributed by atoms with Crippen molar-refractivity contribution in [2.45, 2.75) is 19.0 Å². The molecule has 5 heteroatoms. The Bertz CT molecular complexity index is 733. The van der Waals surface area contributed by atoms with Crippen LogP contribution < -0.4 is 19.9 Å². The molecule has 2 aromatic rings.